The van der Waals surface area contributed by atoms with Crippen molar-refractivity contribution >= 4 is 0 Å². The average molecular weight is 211 g/mol. The number of aryl methyl sites for hydroxylation is 1. The predicted octanol–water partition coefficient (Wildman–Crippen LogP) is -0.351. The monoisotopic (exact) mass is 211 g/mol. The van der Waals surface area contributed by atoms with Crippen molar-refractivity contribution in [3.8, 4) is 0 Å². The van der Waals surface area contributed by atoms with Crippen LogP contribution in [0.15, 0.2) is 0 Å². The van der Waals surface area contributed by atoms with E-state index < -0.39 is 0 Å². The van der Waals surface area contributed by atoms with E-state index in [1.807, 2.05) is 0 Å². The van der Waals surface area contributed by atoms with E-state index >= 15 is 0 Å². The molecule has 0 aromatic carbocycles. The third kappa shape index (κ3) is 1.87. The highest BCUT2D eigenvalue weighted by atomic mass is 16.5. The van der Waals surface area contributed by atoms with Gasteiger partial charge in [0.05, 0.1) is 12.6 Å². The first-order valence-corrected chi connectivity index (χ1v) is 5.20. The Labute approximate surface area is 88.8 Å². The lowest BCUT2D eigenvalue weighted by Gasteiger charge is -2.44. The van der Waals surface area contributed by atoms with Crippen molar-refractivity contribution in [1.82, 2.24) is 20.2 Å². The fourth-order valence-corrected chi connectivity index (χ4v) is 2.04. The van der Waals surface area contributed by atoms with Crippen LogP contribution in [0.2, 0.25) is 0 Å². The van der Waals surface area contributed by atoms with E-state index in [4.69, 9.17) is 10.5 Å². The lowest BCUT2D eigenvalue weighted by molar-refractivity contribution is -0.0900. The molecule has 2 rings (SSSR count). The molecular weight excluding hydrogens is 194 g/mol. The molecule has 6 heteroatoms. The Morgan fingerprint density at radius 3 is 2.73 bits per heavy atom. The van der Waals surface area contributed by atoms with Crippen LogP contribution in [0, 0.1) is 0 Å². The molecule has 1 unspecified atom stereocenters. The number of tetrazole rings is 1. The highest BCUT2D eigenvalue weighted by Gasteiger charge is 2.43. The second-order valence-electron chi connectivity index (χ2n) is 4.13. The topological polar surface area (TPSA) is 78.9 Å². The van der Waals surface area contributed by atoms with Gasteiger partial charge in [-0.2, -0.15) is 4.80 Å². The highest BCUT2D eigenvalue weighted by molar-refractivity contribution is 5.01. The van der Waals surface area contributed by atoms with Crippen LogP contribution in [-0.2, 0) is 18.2 Å². The first-order valence-electron chi connectivity index (χ1n) is 5.20. The first kappa shape index (κ1) is 10.5. The molecule has 0 aliphatic heterocycles. The van der Waals surface area contributed by atoms with E-state index in [9.17, 15) is 0 Å². The molecule has 1 fully saturated rings. The molecule has 1 aliphatic carbocycles. The number of nitrogens with two attached hydrogens (primary N) is 1. The number of aromatic nitrogens is 4. The molecule has 15 heavy (non-hydrogen) atoms. The van der Waals surface area contributed by atoms with Crippen molar-refractivity contribution < 1.29 is 4.74 Å². The SMILES string of the molecule is COC1(C(N)Cc2nnn(C)n2)CCC1. The summed E-state index contributed by atoms with van der Waals surface area (Å²) in [6.45, 7) is 0. The summed E-state index contributed by atoms with van der Waals surface area (Å²) in [4.78, 5) is 1.45. The van der Waals surface area contributed by atoms with Crippen molar-refractivity contribution in [2.24, 2.45) is 12.8 Å². The van der Waals surface area contributed by atoms with Gasteiger partial charge in [-0.15, -0.1) is 10.2 Å². The van der Waals surface area contributed by atoms with Gasteiger partial charge in [-0.1, -0.05) is 0 Å². The predicted molar refractivity (Wildman–Crippen MR) is 54.1 cm³/mol. The number of methoxy groups -OCH3 is 1. The molecule has 1 saturated carbocycles. The molecular formula is C9H17N5O. The van der Waals surface area contributed by atoms with Crippen LogP contribution in [-0.4, -0.2) is 39.0 Å². The maximum atomic E-state index is 6.12. The number of rotatable bonds is 4. The third-order valence-electron chi connectivity index (χ3n) is 3.23. The highest BCUT2D eigenvalue weighted by Crippen LogP contribution is 2.37. The molecule has 0 spiro atoms. The Hall–Kier alpha value is -1.01. The van der Waals surface area contributed by atoms with Crippen LogP contribution in [0.4, 0.5) is 0 Å². The Balaban J connectivity index is 1.99. The van der Waals surface area contributed by atoms with Gasteiger partial charge in [0, 0.05) is 19.6 Å². The summed E-state index contributed by atoms with van der Waals surface area (Å²) in [5.41, 5.74) is 5.97. The molecule has 1 aromatic rings. The molecule has 6 nitrogen and oxygen atoms in total. The second kappa shape index (κ2) is 3.86. The number of ether oxygens (including phenoxy) is 1. The summed E-state index contributed by atoms with van der Waals surface area (Å²) in [6, 6.07) is -0.0413. The summed E-state index contributed by atoms with van der Waals surface area (Å²) < 4.78 is 5.51. The Morgan fingerprint density at radius 1 is 1.60 bits per heavy atom. The van der Waals surface area contributed by atoms with Crippen molar-refractivity contribution in [3.05, 3.63) is 5.82 Å². The van der Waals surface area contributed by atoms with Crippen molar-refractivity contribution in [2.75, 3.05) is 7.11 Å². The quantitative estimate of drug-likeness (QED) is 0.736. The van der Waals surface area contributed by atoms with Crippen molar-refractivity contribution in [1.29, 1.82) is 0 Å². The van der Waals surface area contributed by atoms with Crippen LogP contribution in [0.1, 0.15) is 25.1 Å². The Morgan fingerprint density at radius 2 is 2.33 bits per heavy atom. The summed E-state index contributed by atoms with van der Waals surface area (Å²) in [5.74, 6) is 0.688. The van der Waals surface area contributed by atoms with Gasteiger partial charge >= 0.3 is 0 Å². The smallest absolute Gasteiger partial charge is 0.176 e. The average Bonchev–Trinajstić information content (AvgIpc) is 2.50. The summed E-state index contributed by atoms with van der Waals surface area (Å²) in [5, 5.41) is 11.8. The number of hydrogen-bond acceptors (Lipinski definition) is 5. The molecule has 1 aliphatic rings. The zero-order valence-corrected chi connectivity index (χ0v) is 9.18. The number of nitrogens with zero attached hydrogens (tertiary/aromatic N) is 4. The second-order valence-corrected chi connectivity index (χ2v) is 4.13. The van der Waals surface area contributed by atoms with E-state index in [-0.39, 0.29) is 11.6 Å². The van der Waals surface area contributed by atoms with Gasteiger partial charge < -0.3 is 10.5 Å². The van der Waals surface area contributed by atoms with Gasteiger partial charge in [0.2, 0.25) is 0 Å². The van der Waals surface area contributed by atoms with Gasteiger partial charge in [-0.05, 0) is 24.5 Å². The van der Waals surface area contributed by atoms with Crippen LogP contribution in [0.3, 0.4) is 0 Å². The molecule has 2 N–H and O–H groups in total. The first-order chi connectivity index (χ1) is 7.16. The van der Waals surface area contributed by atoms with E-state index in [0.29, 0.717) is 12.2 Å². The lowest BCUT2D eigenvalue weighted by Crippen LogP contribution is -2.55. The Bertz CT molecular complexity index is 327. The molecule has 0 bridgehead atoms. The van der Waals surface area contributed by atoms with E-state index in [0.717, 1.165) is 12.8 Å². The summed E-state index contributed by atoms with van der Waals surface area (Å²) >= 11 is 0. The maximum absolute atomic E-state index is 6.12. The van der Waals surface area contributed by atoms with Gasteiger partial charge in [0.15, 0.2) is 5.82 Å². The maximum Gasteiger partial charge on any atom is 0.176 e. The standard InChI is InChI=1S/C9H17N5O/c1-14-12-8(11-13-14)6-7(10)9(15-2)4-3-5-9/h7H,3-6,10H2,1-2H3. The van der Waals surface area contributed by atoms with Gasteiger partial charge in [-0.25, -0.2) is 0 Å². The van der Waals surface area contributed by atoms with Crippen LogP contribution < -0.4 is 5.73 Å². The van der Waals surface area contributed by atoms with E-state index in [1.54, 1.807) is 14.2 Å². The lowest BCUT2D eigenvalue weighted by atomic mass is 9.73. The molecule has 0 radical (unpaired) electrons. The van der Waals surface area contributed by atoms with E-state index in [1.165, 1.54) is 11.2 Å². The van der Waals surface area contributed by atoms with Crippen LogP contribution in [0.5, 0.6) is 0 Å². The van der Waals surface area contributed by atoms with Crippen LogP contribution in [0.25, 0.3) is 0 Å². The minimum atomic E-state index is -0.154. The minimum Gasteiger partial charge on any atom is -0.377 e. The van der Waals surface area contributed by atoms with Crippen LogP contribution >= 0.6 is 0 Å². The fourth-order valence-electron chi connectivity index (χ4n) is 2.04. The molecule has 1 aromatic heterocycles. The summed E-state index contributed by atoms with van der Waals surface area (Å²) in [7, 11) is 3.47. The third-order valence-corrected chi connectivity index (χ3v) is 3.23. The Kier molecular flexibility index (Phi) is 2.70. The molecule has 1 heterocycles. The largest absolute Gasteiger partial charge is 0.377 e. The van der Waals surface area contributed by atoms with Crippen molar-refractivity contribution in [3.63, 3.8) is 0 Å². The van der Waals surface area contributed by atoms with Gasteiger partial charge in [0.25, 0.3) is 0 Å². The number of hydrogen-bond donors (Lipinski definition) is 1. The molecule has 1 atom stereocenters. The fraction of sp³-hybridized carbons (Fsp3) is 0.889. The van der Waals surface area contributed by atoms with Gasteiger partial charge in [-0.3, -0.25) is 0 Å². The normalized spacial score (nSPS) is 21.0. The molecule has 84 valence electrons. The summed E-state index contributed by atoms with van der Waals surface area (Å²) in [6.07, 6.45) is 3.88. The zero-order chi connectivity index (χ0) is 10.9. The molecule has 0 amide bonds. The van der Waals surface area contributed by atoms with Crippen molar-refractivity contribution in [2.45, 2.75) is 37.3 Å². The van der Waals surface area contributed by atoms with E-state index in [2.05, 4.69) is 15.4 Å². The molecule has 0 saturated heterocycles. The van der Waals surface area contributed by atoms with Gasteiger partial charge in [0.1, 0.15) is 0 Å². The minimum absolute atomic E-state index is 0.0413. The zero-order valence-electron chi connectivity index (χ0n) is 9.18.